The quantitative estimate of drug-likeness (QED) is 0.836. The van der Waals surface area contributed by atoms with Crippen molar-refractivity contribution in [3.8, 4) is 5.69 Å². The molecule has 1 aliphatic heterocycles. The van der Waals surface area contributed by atoms with Gasteiger partial charge in [-0.2, -0.15) is 9.90 Å². The van der Waals surface area contributed by atoms with Crippen LogP contribution in [0.1, 0.15) is 29.0 Å². The summed E-state index contributed by atoms with van der Waals surface area (Å²) < 4.78 is 0. The monoisotopic (exact) mass is 368 g/mol. The van der Waals surface area contributed by atoms with Crippen molar-refractivity contribution < 1.29 is 9.59 Å². The summed E-state index contributed by atoms with van der Waals surface area (Å²) in [4.78, 5) is 30.2. The largest absolute Gasteiger partial charge is 0.352 e. The zero-order valence-corrected chi connectivity index (χ0v) is 15.5. The number of hydrogen-bond donors (Lipinski definition) is 1. The van der Waals surface area contributed by atoms with E-state index in [1.807, 2.05) is 30.3 Å². The maximum Gasteiger partial charge on any atom is 0.276 e. The van der Waals surface area contributed by atoms with Crippen LogP contribution in [0.5, 0.6) is 0 Å². The molecule has 2 aliphatic rings. The number of carbonyl (C=O) groups is 2. The predicted octanol–water partition coefficient (Wildman–Crippen LogP) is 0.612. The number of nitrogens with one attached hydrogen (secondary N) is 1. The van der Waals surface area contributed by atoms with Gasteiger partial charge in [0.1, 0.15) is 0 Å². The summed E-state index contributed by atoms with van der Waals surface area (Å²) in [6, 6.07) is 9.94. The average Bonchev–Trinajstić information content (AvgIpc) is 3.41. The first-order valence-corrected chi connectivity index (χ1v) is 9.40. The number of nitrogens with zero attached hydrogens (tertiary/aromatic N) is 5. The number of piperazine rings is 1. The number of aryl methyl sites for hydroxylation is 1. The van der Waals surface area contributed by atoms with Crippen molar-refractivity contribution in [1.29, 1.82) is 0 Å². The van der Waals surface area contributed by atoms with Gasteiger partial charge in [0.15, 0.2) is 5.69 Å². The van der Waals surface area contributed by atoms with E-state index < -0.39 is 0 Å². The molecule has 2 heterocycles. The molecule has 1 aromatic heterocycles. The number of benzene rings is 1. The Labute approximate surface area is 158 Å². The summed E-state index contributed by atoms with van der Waals surface area (Å²) in [6.45, 7) is 4.77. The minimum Gasteiger partial charge on any atom is -0.352 e. The fourth-order valence-electron chi connectivity index (χ4n) is 3.22. The number of amides is 2. The van der Waals surface area contributed by atoms with Crippen molar-refractivity contribution in [3.05, 3.63) is 41.7 Å². The summed E-state index contributed by atoms with van der Waals surface area (Å²) in [7, 11) is 0. The summed E-state index contributed by atoms with van der Waals surface area (Å²) in [6.07, 6.45) is 2.19. The van der Waals surface area contributed by atoms with E-state index in [1.54, 1.807) is 11.8 Å². The first kappa shape index (κ1) is 17.7. The molecule has 1 saturated heterocycles. The van der Waals surface area contributed by atoms with Crippen molar-refractivity contribution in [2.75, 3.05) is 32.7 Å². The van der Waals surface area contributed by atoms with Gasteiger partial charge in [-0.3, -0.25) is 14.5 Å². The second kappa shape index (κ2) is 7.48. The van der Waals surface area contributed by atoms with Gasteiger partial charge in [-0.05, 0) is 31.9 Å². The van der Waals surface area contributed by atoms with Gasteiger partial charge in [-0.1, -0.05) is 18.2 Å². The van der Waals surface area contributed by atoms with E-state index in [9.17, 15) is 9.59 Å². The Bertz CT molecular complexity index is 822. The van der Waals surface area contributed by atoms with Gasteiger partial charge >= 0.3 is 0 Å². The first-order valence-electron chi connectivity index (χ1n) is 9.40. The predicted molar refractivity (Wildman–Crippen MR) is 99.6 cm³/mol. The Morgan fingerprint density at radius 2 is 1.78 bits per heavy atom. The Balaban J connectivity index is 1.35. The Kier molecular flexibility index (Phi) is 4.89. The molecule has 0 bridgehead atoms. The van der Waals surface area contributed by atoms with Gasteiger partial charge in [-0.15, -0.1) is 5.10 Å². The van der Waals surface area contributed by atoms with Crippen LogP contribution < -0.4 is 5.32 Å². The highest BCUT2D eigenvalue weighted by atomic mass is 16.2. The molecule has 0 spiro atoms. The summed E-state index contributed by atoms with van der Waals surface area (Å²) >= 11 is 0. The maximum atomic E-state index is 12.9. The number of carbonyl (C=O) groups excluding carboxylic acids is 2. The van der Waals surface area contributed by atoms with Gasteiger partial charge in [0, 0.05) is 32.2 Å². The minimum atomic E-state index is -0.100. The zero-order valence-electron chi connectivity index (χ0n) is 15.5. The molecule has 8 heteroatoms. The van der Waals surface area contributed by atoms with E-state index in [1.165, 1.54) is 4.80 Å². The molecule has 1 N–H and O–H groups in total. The van der Waals surface area contributed by atoms with Crippen molar-refractivity contribution in [1.82, 2.24) is 30.1 Å². The lowest BCUT2D eigenvalue weighted by molar-refractivity contribution is -0.122. The normalized spacial score (nSPS) is 17.7. The third kappa shape index (κ3) is 4.16. The van der Waals surface area contributed by atoms with E-state index in [0.29, 0.717) is 50.2 Å². The Morgan fingerprint density at radius 3 is 2.44 bits per heavy atom. The average molecular weight is 368 g/mol. The molecule has 2 fully saturated rings. The molecule has 0 unspecified atom stereocenters. The van der Waals surface area contributed by atoms with Crippen LogP contribution in [0, 0.1) is 6.92 Å². The molecule has 0 atom stereocenters. The molecule has 142 valence electrons. The Hall–Kier alpha value is -2.74. The molecule has 2 aromatic rings. The molecular formula is C19H24N6O2. The lowest BCUT2D eigenvalue weighted by Gasteiger charge is -2.34. The second-order valence-electron chi connectivity index (χ2n) is 7.17. The number of para-hydroxylation sites is 1. The summed E-state index contributed by atoms with van der Waals surface area (Å²) in [5, 5.41) is 11.8. The lowest BCUT2D eigenvalue weighted by atomic mass is 10.2. The zero-order chi connectivity index (χ0) is 18.8. The fraction of sp³-hybridized carbons (Fsp3) is 0.474. The standard InChI is InChI=1S/C19H24N6O2/c1-14-18(22-25(21-14)16-5-3-2-4-6-16)19(27)24-11-9-23(10-12-24)13-17(26)20-15-7-8-15/h2-6,15H,7-13H2,1H3,(H,20,26). The maximum absolute atomic E-state index is 12.9. The molecule has 1 aromatic carbocycles. The summed E-state index contributed by atoms with van der Waals surface area (Å²) in [5.41, 5.74) is 1.83. The smallest absolute Gasteiger partial charge is 0.276 e. The van der Waals surface area contributed by atoms with E-state index in [2.05, 4.69) is 20.4 Å². The van der Waals surface area contributed by atoms with Gasteiger partial charge in [0.25, 0.3) is 5.91 Å². The fourth-order valence-corrected chi connectivity index (χ4v) is 3.22. The Morgan fingerprint density at radius 1 is 1.07 bits per heavy atom. The number of hydrogen-bond acceptors (Lipinski definition) is 5. The van der Waals surface area contributed by atoms with Crippen LogP contribution in [0.15, 0.2) is 30.3 Å². The first-order chi connectivity index (χ1) is 13.1. The lowest BCUT2D eigenvalue weighted by Crippen LogP contribution is -2.51. The van der Waals surface area contributed by atoms with Crippen molar-refractivity contribution in [2.45, 2.75) is 25.8 Å². The van der Waals surface area contributed by atoms with Gasteiger partial charge in [0.2, 0.25) is 5.91 Å². The third-order valence-electron chi connectivity index (χ3n) is 4.94. The topological polar surface area (TPSA) is 83.4 Å². The SMILES string of the molecule is Cc1nn(-c2ccccc2)nc1C(=O)N1CCN(CC(=O)NC2CC2)CC1. The highest BCUT2D eigenvalue weighted by molar-refractivity contribution is 5.93. The number of aromatic nitrogens is 3. The molecule has 8 nitrogen and oxygen atoms in total. The third-order valence-corrected chi connectivity index (χ3v) is 4.94. The van der Waals surface area contributed by atoms with E-state index >= 15 is 0 Å². The second-order valence-corrected chi connectivity index (χ2v) is 7.17. The molecular weight excluding hydrogens is 344 g/mol. The molecule has 1 saturated carbocycles. The van der Waals surface area contributed by atoms with Crippen LogP contribution in [-0.4, -0.2) is 75.4 Å². The van der Waals surface area contributed by atoms with Crippen LogP contribution in [0.3, 0.4) is 0 Å². The molecule has 1 aliphatic carbocycles. The summed E-state index contributed by atoms with van der Waals surface area (Å²) in [5.74, 6) is -0.0179. The van der Waals surface area contributed by atoms with Gasteiger partial charge in [-0.25, -0.2) is 0 Å². The minimum absolute atomic E-state index is 0.0823. The van der Waals surface area contributed by atoms with Gasteiger partial charge in [0.05, 0.1) is 17.9 Å². The van der Waals surface area contributed by atoms with Crippen LogP contribution in [0.2, 0.25) is 0 Å². The van der Waals surface area contributed by atoms with E-state index in [0.717, 1.165) is 18.5 Å². The molecule has 27 heavy (non-hydrogen) atoms. The van der Waals surface area contributed by atoms with E-state index in [4.69, 9.17) is 0 Å². The van der Waals surface area contributed by atoms with Crippen LogP contribution in [0.25, 0.3) is 5.69 Å². The van der Waals surface area contributed by atoms with E-state index in [-0.39, 0.29) is 11.8 Å². The van der Waals surface area contributed by atoms with Crippen LogP contribution >= 0.6 is 0 Å². The molecule has 0 radical (unpaired) electrons. The molecule has 4 rings (SSSR count). The number of rotatable bonds is 5. The highest BCUT2D eigenvalue weighted by Gasteiger charge is 2.28. The van der Waals surface area contributed by atoms with Crippen molar-refractivity contribution >= 4 is 11.8 Å². The van der Waals surface area contributed by atoms with Crippen molar-refractivity contribution in [3.63, 3.8) is 0 Å². The van der Waals surface area contributed by atoms with Crippen LogP contribution in [-0.2, 0) is 4.79 Å². The van der Waals surface area contributed by atoms with Gasteiger partial charge < -0.3 is 10.2 Å². The molecule has 2 amide bonds. The van der Waals surface area contributed by atoms with Crippen LogP contribution in [0.4, 0.5) is 0 Å². The highest BCUT2D eigenvalue weighted by Crippen LogP contribution is 2.18. The van der Waals surface area contributed by atoms with Crippen molar-refractivity contribution in [2.24, 2.45) is 0 Å².